The molecule has 0 radical (unpaired) electrons. The predicted octanol–water partition coefficient (Wildman–Crippen LogP) is 5.31. The quantitative estimate of drug-likeness (QED) is 0.647. The Balaban J connectivity index is 2.46. The minimum atomic E-state index is -3.69. The Morgan fingerprint density at radius 3 is 2.24 bits per heavy atom. The van der Waals surface area contributed by atoms with Crippen LogP contribution in [0.3, 0.4) is 0 Å². The number of carbonyl (C=O) groups is 1. The zero-order valence-corrected chi connectivity index (χ0v) is 16.4. The third kappa shape index (κ3) is 4.66. The van der Waals surface area contributed by atoms with Crippen molar-refractivity contribution < 1.29 is 13.9 Å². The molecule has 0 bridgehead atoms. The number of nitrogens with one attached hydrogen (secondary N) is 1. The third-order valence-corrected chi connectivity index (χ3v) is 6.73. The molecular weight excluding hydrogens is 404 g/mol. The zero-order chi connectivity index (χ0) is 18.4. The summed E-state index contributed by atoms with van der Waals surface area (Å²) in [4.78, 5) is 12.5. The van der Waals surface area contributed by atoms with Crippen LogP contribution in [0.1, 0.15) is 17.3 Å². The molecule has 4 nitrogen and oxygen atoms in total. The fourth-order valence-electron chi connectivity index (χ4n) is 2.13. The summed E-state index contributed by atoms with van der Waals surface area (Å²) in [6.07, 6.45) is 0. The van der Waals surface area contributed by atoms with Gasteiger partial charge in [0.05, 0.1) is 17.2 Å². The van der Waals surface area contributed by atoms with Crippen molar-refractivity contribution in [2.75, 3.05) is 6.61 Å². The minimum Gasteiger partial charge on any atom is -0.321 e. The molecule has 1 atom stereocenters. The van der Waals surface area contributed by atoms with Gasteiger partial charge in [-0.15, -0.1) is 0 Å². The molecule has 2 aromatic rings. The highest BCUT2D eigenvalue weighted by atomic mass is 35.5. The number of benzene rings is 2. The highest BCUT2D eigenvalue weighted by molar-refractivity contribution is 7.71. The van der Waals surface area contributed by atoms with Gasteiger partial charge in [-0.2, -0.15) is 0 Å². The number of rotatable bonds is 6. The second-order valence-corrected chi connectivity index (χ2v) is 8.53. The Morgan fingerprint density at radius 1 is 1.08 bits per heavy atom. The Hall–Kier alpha value is -1.29. The first-order valence-electron chi connectivity index (χ1n) is 7.32. The summed E-state index contributed by atoms with van der Waals surface area (Å²) in [5.74, 6) is -0.588. The van der Waals surface area contributed by atoms with E-state index in [0.717, 1.165) is 0 Å². The van der Waals surface area contributed by atoms with E-state index in [1.807, 2.05) is 0 Å². The summed E-state index contributed by atoms with van der Waals surface area (Å²) in [5, 5.41) is 3.11. The Kier molecular flexibility index (Phi) is 7.12. The lowest BCUT2D eigenvalue weighted by molar-refractivity contribution is 0.0967. The molecule has 1 amide bonds. The van der Waals surface area contributed by atoms with Crippen LogP contribution < -0.4 is 10.6 Å². The number of carbonyl (C=O) groups excluding carboxylic acids is 1. The van der Waals surface area contributed by atoms with E-state index in [1.54, 1.807) is 55.5 Å². The summed E-state index contributed by atoms with van der Waals surface area (Å²) in [7, 11) is -3.69. The smallest absolute Gasteiger partial charge is 0.279 e. The van der Waals surface area contributed by atoms with Crippen molar-refractivity contribution in [1.82, 2.24) is 5.32 Å². The highest BCUT2D eigenvalue weighted by Crippen LogP contribution is 2.54. The summed E-state index contributed by atoms with van der Waals surface area (Å²) >= 11 is 17.9. The van der Waals surface area contributed by atoms with Gasteiger partial charge in [0.25, 0.3) is 13.3 Å². The number of hydrogen-bond acceptors (Lipinski definition) is 3. The Morgan fingerprint density at radius 2 is 1.68 bits per heavy atom. The molecule has 132 valence electrons. The lowest BCUT2D eigenvalue weighted by atomic mass is 10.2. The molecule has 1 N–H and O–H groups in total. The molecule has 0 aromatic heterocycles. The van der Waals surface area contributed by atoms with Crippen molar-refractivity contribution in [2.24, 2.45) is 0 Å². The van der Waals surface area contributed by atoms with Crippen molar-refractivity contribution in [2.45, 2.75) is 6.92 Å². The van der Waals surface area contributed by atoms with Crippen molar-refractivity contribution in [3.8, 4) is 0 Å². The summed E-state index contributed by atoms with van der Waals surface area (Å²) < 4.78 is 18.7. The average molecular weight is 419 g/mol. The van der Waals surface area contributed by atoms with Crippen molar-refractivity contribution in [3.63, 3.8) is 0 Å². The summed E-state index contributed by atoms with van der Waals surface area (Å²) in [6, 6.07) is 14.9. The maximum absolute atomic E-state index is 13.5. The molecule has 0 aliphatic heterocycles. The molecule has 8 heteroatoms. The summed E-state index contributed by atoms with van der Waals surface area (Å²) in [6.45, 7) is 1.82. The molecule has 0 spiro atoms. The van der Waals surface area contributed by atoms with Crippen LogP contribution in [0.25, 0.3) is 0 Å². The molecular formula is C17H15Cl3NO3P. The Labute approximate surface area is 161 Å². The normalized spacial score (nSPS) is 13.0. The van der Waals surface area contributed by atoms with Gasteiger partial charge in [-0.1, -0.05) is 65.1 Å². The molecule has 0 saturated carbocycles. The van der Waals surface area contributed by atoms with E-state index in [1.165, 1.54) is 6.07 Å². The number of amides is 1. The van der Waals surface area contributed by atoms with Crippen LogP contribution in [0.4, 0.5) is 0 Å². The third-order valence-electron chi connectivity index (χ3n) is 3.23. The maximum Gasteiger partial charge on any atom is 0.279 e. The van der Waals surface area contributed by atoms with Crippen LogP contribution in [0, 0.1) is 0 Å². The summed E-state index contributed by atoms with van der Waals surface area (Å²) in [5.41, 5.74) is 0.0150. The fourth-order valence-corrected chi connectivity index (χ4v) is 5.05. The topological polar surface area (TPSA) is 55.4 Å². The molecule has 25 heavy (non-hydrogen) atoms. The van der Waals surface area contributed by atoms with E-state index < -0.39 is 13.3 Å². The molecule has 0 unspecified atom stereocenters. The second kappa shape index (κ2) is 8.88. The van der Waals surface area contributed by atoms with Gasteiger partial charge in [0.2, 0.25) is 0 Å². The lowest BCUT2D eigenvalue weighted by Crippen LogP contribution is -2.27. The van der Waals surface area contributed by atoms with Gasteiger partial charge in [0.15, 0.2) is 0 Å². The minimum absolute atomic E-state index is 0.138. The van der Waals surface area contributed by atoms with Crippen molar-refractivity contribution in [3.05, 3.63) is 75.1 Å². The molecule has 0 aliphatic rings. The van der Waals surface area contributed by atoms with Gasteiger partial charge < -0.3 is 9.84 Å². The monoisotopic (exact) mass is 417 g/mol. The SMILES string of the molecule is CCO[P@@](=O)(C(NC(=O)c1ccccc1Cl)=C(Cl)Cl)c1ccccc1. The lowest BCUT2D eigenvalue weighted by Gasteiger charge is -2.22. The van der Waals surface area contributed by atoms with Crippen LogP contribution >= 0.6 is 42.2 Å². The molecule has 0 heterocycles. The maximum atomic E-state index is 13.5. The fraction of sp³-hybridized carbons (Fsp3) is 0.118. The van der Waals surface area contributed by atoms with Gasteiger partial charge in [-0.25, -0.2) is 0 Å². The standard InChI is InChI=1S/C17H15Cl3NO3P/c1-2-24-25(23,12-8-4-3-5-9-12)17(15(19)20)21-16(22)13-10-6-7-11-14(13)18/h3-11H,2H2,1H3,(H,21,22)/t25-/m1/s1. The predicted molar refractivity (Wildman–Crippen MR) is 103 cm³/mol. The Bertz CT molecular complexity index is 836. The molecule has 0 fully saturated rings. The van der Waals surface area contributed by atoms with E-state index >= 15 is 0 Å². The van der Waals surface area contributed by atoms with E-state index in [2.05, 4.69) is 5.32 Å². The molecule has 0 aliphatic carbocycles. The molecule has 0 saturated heterocycles. The highest BCUT2D eigenvalue weighted by Gasteiger charge is 2.34. The van der Waals surface area contributed by atoms with Crippen LogP contribution in [-0.4, -0.2) is 12.5 Å². The average Bonchev–Trinajstić information content (AvgIpc) is 2.60. The van der Waals surface area contributed by atoms with Crippen molar-refractivity contribution >= 4 is 53.4 Å². The largest absolute Gasteiger partial charge is 0.321 e. The van der Waals surface area contributed by atoms with Crippen LogP contribution in [0.2, 0.25) is 5.02 Å². The van der Waals surface area contributed by atoms with Gasteiger partial charge in [0, 0.05) is 5.30 Å². The zero-order valence-electron chi connectivity index (χ0n) is 13.2. The number of halogens is 3. The van der Waals surface area contributed by atoms with Crippen LogP contribution in [0.15, 0.2) is 64.5 Å². The van der Waals surface area contributed by atoms with Gasteiger partial charge in [-0.05, 0) is 31.2 Å². The van der Waals surface area contributed by atoms with Gasteiger partial charge in [-0.3, -0.25) is 9.36 Å². The van der Waals surface area contributed by atoms with E-state index in [0.29, 0.717) is 5.30 Å². The second-order valence-electron chi connectivity index (χ2n) is 4.85. The van der Waals surface area contributed by atoms with Crippen LogP contribution in [-0.2, 0) is 9.09 Å². The first kappa shape index (κ1) is 20.0. The van der Waals surface area contributed by atoms with E-state index in [9.17, 15) is 9.36 Å². The van der Waals surface area contributed by atoms with Crippen molar-refractivity contribution in [1.29, 1.82) is 0 Å². The molecule has 2 aromatic carbocycles. The van der Waals surface area contributed by atoms with Gasteiger partial charge >= 0.3 is 0 Å². The van der Waals surface area contributed by atoms with Crippen LogP contribution in [0.5, 0.6) is 0 Å². The van der Waals surface area contributed by atoms with Gasteiger partial charge in [0.1, 0.15) is 9.93 Å². The van der Waals surface area contributed by atoms with E-state index in [-0.39, 0.29) is 27.1 Å². The first-order valence-corrected chi connectivity index (χ1v) is 10.1. The van der Waals surface area contributed by atoms with E-state index in [4.69, 9.17) is 39.3 Å². The molecule has 2 rings (SSSR count). The first-order chi connectivity index (χ1) is 11.9. The number of hydrogen-bond donors (Lipinski definition) is 1.